The van der Waals surface area contributed by atoms with Crippen molar-refractivity contribution in [1.82, 2.24) is 20.2 Å². The second kappa shape index (κ2) is 7.93. The van der Waals surface area contributed by atoms with Crippen LogP contribution in [-0.4, -0.2) is 40.0 Å². The summed E-state index contributed by atoms with van der Waals surface area (Å²) >= 11 is 0. The van der Waals surface area contributed by atoms with Gasteiger partial charge in [0.15, 0.2) is 5.54 Å². The Bertz CT molecular complexity index is 959. The number of carbonyl (C=O) groups is 1. The molecule has 3 aromatic rings. The highest BCUT2D eigenvalue weighted by Gasteiger charge is 2.42. The molecule has 1 aliphatic carbocycles. The maximum atomic E-state index is 12.2. The average Bonchev–Trinajstić information content (AvgIpc) is 3.38. The highest BCUT2D eigenvalue weighted by molar-refractivity contribution is 6.00. The second-order valence-electron chi connectivity index (χ2n) is 7.17. The number of fused-ring (bicyclic) bond motifs is 1. The lowest BCUT2D eigenvalue weighted by Gasteiger charge is -2.23. The van der Waals surface area contributed by atoms with E-state index < -0.39 is 6.09 Å². The van der Waals surface area contributed by atoms with Gasteiger partial charge in [0.1, 0.15) is 6.61 Å². The first-order valence-corrected chi connectivity index (χ1v) is 9.70. The Labute approximate surface area is 163 Å². The molecule has 0 atom stereocenters. The fraction of sp³-hybridized carbons (Fsp3) is 0.400. The lowest BCUT2D eigenvalue weighted by Crippen LogP contribution is -2.91. The number of anilines is 1. The maximum Gasteiger partial charge on any atom is 0.411 e. The molecule has 2 aromatic carbocycles. The minimum atomic E-state index is -0.483. The van der Waals surface area contributed by atoms with Gasteiger partial charge in [-0.2, -0.15) is 0 Å². The topological polar surface area (TPSA) is 98.5 Å². The molecule has 146 valence electrons. The van der Waals surface area contributed by atoms with Crippen molar-refractivity contribution in [3.05, 3.63) is 48.3 Å². The smallest absolute Gasteiger partial charge is 0.411 e. The molecule has 0 aliphatic heterocycles. The lowest BCUT2D eigenvalue weighted by molar-refractivity contribution is -0.714. The fourth-order valence-corrected chi connectivity index (χ4v) is 4.06. The van der Waals surface area contributed by atoms with Gasteiger partial charge in [-0.25, -0.2) is 9.48 Å². The zero-order valence-corrected chi connectivity index (χ0v) is 16.0. The van der Waals surface area contributed by atoms with Gasteiger partial charge in [-0.3, -0.25) is 5.32 Å². The molecule has 1 aliphatic rings. The molecule has 0 radical (unpaired) electrons. The second-order valence-corrected chi connectivity index (χ2v) is 7.17. The number of benzene rings is 2. The van der Waals surface area contributed by atoms with Crippen molar-refractivity contribution in [2.45, 2.75) is 37.8 Å². The number of quaternary nitrogens is 1. The largest absolute Gasteiger partial charge is 0.447 e. The van der Waals surface area contributed by atoms with E-state index in [0.717, 1.165) is 35.1 Å². The van der Waals surface area contributed by atoms with Crippen LogP contribution in [0.25, 0.3) is 10.8 Å². The van der Waals surface area contributed by atoms with Gasteiger partial charge >= 0.3 is 6.09 Å². The molecule has 8 nitrogen and oxygen atoms in total. The number of rotatable bonds is 6. The lowest BCUT2D eigenvalue weighted by atomic mass is 9.97. The Morgan fingerprint density at radius 2 is 2.00 bits per heavy atom. The van der Waals surface area contributed by atoms with Gasteiger partial charge in [0.25, 0.3) is 0 Å². The number of aromatic nitrogens is 4. The van der Waals surface area contributed by atoms with Gasteiger partial charge in [0.05, 0.1) is 19.3 Å². The molecule has 1 heterocycles. The van der Waals surface area contributed by atoms with Crippen LogP contribution in [0.1, 0.15) is 31.5 Å². The number of hydrogen-bond acceptors (Lipinski definition) is 5. The normalized spacial score (nSPS) is 15.6. The van der Waals surface area contributed by atoms with Crippen molar-refractivity contribution in [2.75, 3.05) is 19.0 Å². The molecule has 28 heavy (non-hydrogen) atoms. The predicted molar refractivity (Wildman–Crippen MR) is 105 cm³/mol. The van der Waals surface area contributed by atoms with E-state index in [2.05, 4.69) is 33.2 Å². The summed E-state index contributed by atoms with van der Waals surface area (Å²) in [5, 5.41) is 19.3. The highest BCUT2D eigenvalue weighted by Crippen LogP contribution is 2.33. The Morgan fingerprint density at radius 1 is 1.21 bits per heavy atom. The van der Waals surface area contributed by atoms with E-state index in [1.54, 1.807) is 4.68 Å². The maximum absolute atomic E-state index is 12.2. The van der Waals surface area contributed by atoms with Crippen LogP contribution in [0.4, 0.5) is 10.5 Å². The number of nitrogens with zero attached hydrogens (tertiary/aromatic N) is 4. The van der Waals surface area contributed by atoms with Crippen LogP contribution in [0.15, 0.2) is 42.5 Å². The van der Waals surface area contributed by atoms with Crippen LogP contribution in [0, 0.1) is 0 Å². The standard InChI is InChI=1S/C20H24N6O2/c1-21-20(11-4-5-12-20)18-23-24-25-26(18)13-14-28-19(27)22-17-10-6-8-15-7-2-3-9-16(15)17/h2-3,6-10,21H,4-5,11-14H2,1H3,(H,22,27)/p+1. The van der Waals surface area contributed by atoms with Gasteiger partial charge in [-0.05, 0) is 34.7 Å². The molecule has 4 rings (SSSR count). The molecule has 8 heteroatoms. The molecule has 3 N–H and O–H groups in total. The van der Waals surface area contributed by atoms with E-state index in [1.807, 2.05) is 42.5 Å². The Kier molecular flexibility index (Phi) is 5.21. The summed E-state index contributed by atoms with van der Waals surface area (Å²) in [5.41, 5.74) is 0.672. The molecule has 0 bridgehead atoms. The van der Waals surface area contributed by atoms with E-state index in [0.29, 0.717) is 6.54 Å². The molecule has 1 fully saturated rings. The average molecular weight is 381 g/mol. The predicted octanol–water partition coefficient (Wildman–Crippen LogP) is 2.04. The van der Waals surface area contributed by atoms with Crippen LogP contribution < -0.4 is 10.6 Å². The van der Waals surface area contributed by atoms with E-state index in [-0.39, 0.29) is 12.1 Å². The molecule has 1 saturated carbocycles. The van der Waals surface area contributed by atoms with Crippen molar-refractivity contribution in [3.8, 4) is 0 Å². The van der Waals surface area contributed by atoms with Crippen molar-refractivity contribution in [2.24, 2.45) is 0 Å². The van der Waals surface area contributed by atoms with Gasteiger partial charge in [-0.1, -0.05) is 36.4 Å². The molecule has 0 saturated heterocycles. The van der Waals surface area contributed by atoms with E-state index in [9.17, 15) is 4.79 Å². The van der Waals surface area contributed by atoms with Gasteiger partial charge in [-0.15, -0.1) is 5.10 Å². The number of hydrogen-bond donors (Lipinski definition) is 2. The Balaban J connectivity index is 1.37. The molecule has 0 unspecified atom stereocenters. The quantitative estimate of drug-likeness (QED) is 0.681. The number of amides is 1. The molecular formula is C20H25N6O2+. The van der Waals surface area contributed by atoms with Crippen LogP contribution in [0.2, 0.25) is 0 Å². The van der Waals surface area contributed by atoms with E-state index >= 15 is 0 Å². The number of carbonyl (C=O) groups excluding carboxylic acids is 1. The summed E-state index contributed by atoms with van der Waals surface area (Å²) in [7, 11) is 2.07. The van der Waals surface area contributed by atoms with E-state index in [1.165, 1.54) is 12.8 Å². The zero-order valence-electron chi connectivity index (χ0n) is 16.0. The first-order chi connectivity index (χ1) is 13.7. The molecular weight excluding hydrogens is 356 g/mol. The van der Waals surface area contributed by atoms with Crippen LogP contribution in [0.5, 0.6) is 0 Å². The van der Waals surface area contributed by atoms with Crippen LogP contribution >= 0.6 is 0 Å². The summed E-state index contributed by atoms with van der Waals surface area (Å²) in [5.74, 6) is 0.866. The minimum Gasteiger partial charge on any atom is -0.447 e. The molecule has 1 amide bonds. The van der Waals surface area contributed by atoms with Crippen molar-refractivity contribution in [1.29, 1.82) is 0 Å². The SMILES string of the molecule is C[NH2+]C1(c2nnnn2CCOC(=O)Nc2cccc3ccccc23)CCCC1. The number of tetrazole rings is 1. The summed E-state index contributed by atoms with van der Waals surface area (Å²) in [6.45, 7) is 0.634. The third kappa shape index (κ3) is 3.55. The number of nitrogens with two attached hydrogens (primary N) is 1. The molecule has 0 spiro atoms. The fourth-order valence-electron chi connectivity index (χ4n) is 4.06. The van der Waals surface area contributed by atoms with E-state index in [4.69, 9.17) is 4.74 Å². The van der Waals surface area contributed by atoms with Crippen LogP contribution in [0.3, 0.4) is 0 Å². The third-order valence-corrected chi connectivity index (χ3v) is 5.59. The zero-order chi connectivity index (χ0) is 19.4. The summed E-state index contributed by atoms with van der Waals surface area (Å²) < 4.78 is 7.14. The Hall–Kier alpha value is -3.00. The monoisotopic (exact) mass is 381 g/mol. The first-order valence-electron chi connectivity index (χ1n) is 9.70. The van der Waals surface area contributed by atoms with Gasteiger partial charge in [0.2, 0.25) is 5.82 Å². The summed E-state index contributed by atoms with van der Waals surface area (Å²) in [4.78, 5) is 12.2. The van der Waals surface area contributed by atoms with Gasteiger partial charge in [0, 0.05) is 18.2 Å². The number of ether oxygens (including phenoxy) is 1. The van der Waals surface area contributed by atoms with Crippen LogP contribution in [-0.2, 0) is 16.8 Å². The summed E-state index contributed by atoms with van der Waals surface area (Å²) in [6.07, 6.45) is 4.00. The van der Waals surface area contributed by atoms with Crippen molar-refractivity contribution < 1.29 is 14.8 Å². The minimum absolute atomic E-state index is 0.0608. The first kappa shape index (κ1) is 18.4. The van der Waals surface area contributed by atoms with Gasteiger partial charge < -0.3 is 10.1 Å². The summed E-state index contributed by atoms with van der Waals surface area (Å²) in [6, 6.07) is 13.7. The molecule has 1 aromatic heterocycles. The highest BCUT2D eigenvalue weighted by atomic mass is 16.5. The third-order valence-electron chi connectivity index (χ3n) is 5.59. The van der Waals surface area contributed by atoms with Crippen molar-refractivity contribution in [3.63, 3.8) is 0 Å². The number of nitrogens with one attached hydrogen (secondary N) is 1. The van der Waals surface area contributed by atoms with Crippen molar-refractivity contribution >= 4 is 22.6 Å². The Morgan fingerprint density at radius 3 is 2.82 bits per heavy atom.